The lowest BCUT2D eigenvalue weighted by Gasteiger charge is -2.36. The van der Waals surface area contributed by atoms with Gasteiger partial charge in [-0.05, 0) is 59.4 Å². The van der Waals surface area contributed by atoms with E-state index in [1.165, 1.54) is 41.8 Å². The highest BCUT2D eigenvalue weighted by molar-refractivity contribution is 9.10. The van der Waals surface area contributed by atoms with Gasteiger partial charge in [0.2, 0.25) is 0 Å². The number of halogens is 1. The van der Waals surface area contributed by atoms with E-state index in [0.717, 1.165) is 25.9 Å². The monoisotopic (exact) mass is 353 g/mol. The molecule has 1 aromatic rings. The van der Waals surface area contributed by atoms with E-state index in [9.17, 15) is 0 Å². The van der Waals surface area contributed by atoms with Crippen LogP contribution < -0.4 is 10.6 Å². The van der Waals surface area contributed by atoms with Gasteiger partial charge in [-0.25, -0.2) is 0 Å². The molecule has 1 atom stereocenters. The minimum atomic E-state index is 0.264. The number of nitrogens with zero attached hydrogens (tertiary/aromatic N) is 2. The van der Waals surface area contributed by atoms with E-state index in [1.807, 2.05) is 0 Å². The third-order valence-electron chi connectivity index (χ3n) is 4.29. The fraction of sp³-hybridized carbons (Fsp3) is 0.647. The molecular formula is C17H28BrN3. The summed E-state index contributed by atoms with van der Waals surface area (Å²) in [4.78, 5) is 5.04. The van der Waals surface area contributed by atoms with Crippen molar-refractivity contribution < 1.29 is 0 Å². The first-order chi connectivity index (χ1) is 10.1. The molecule has 1 unspecified atom stereocenters. The first-order valence-electron chi connectivity index (χ1n) is 8.15. The fourth-order valence-corrected chi connectivity index (χ4v) is 3.59. The lowest BCUT2D eigenvalue weighted by molar-refractivity contribution is 0.258. The van der Waals surface area contributed by atoms with Crippen LogP contribution in [0.5, 0.6) is 0 Å². The molecular weight excluding hydrogens is 326 g/mol. The van der Waals surface area contributed by atoms with Crippen LogP contribution in [0, 0.1) is 0 Å². The maximum Gasteiger partial charge on any atom is 0.0511 e. The van der Waals surface area contributed by atoms with Gasteiger partial charge in [-0.15, -0.1) is 0 Å². The Morgan fingerprint density at radius 2 is 1.90 bits per heavy atom. The summed E-state index contributed by atoms with van der Waals surface area (Å²) in [7, 11) is 0. The zero-order chi connectivity index (χ0) is 15.2. The molecule has 0 radical (unpaired) electrons. The Balaban J connectivity index is 1.98. The average Bonchev–Trinajstić information content (AvgIpc) is 2.49. The maximum atomic E-state index is 6.05. The minimum Gasteiger partial charge on any atom is -0.368 e. The molecule has 1 fully saturated rings. The standard InChI is InChI=1S/C17H28BrN3/c1-3-7-20-8-10-21(11-9-20)17-6-5-14(13-16(17)18)12-15(19)4-2/h5-6,13,15H,3-4,7-12,19H2,1-2H3. The highest BCUT2D eigenvalue weighted by Crippen LogP contribution is 2.28. The molecule has 0 bridgehead atoms. The number of anilines is 1. The summed E-state index contributed by atoms with van der Waals surface area (Å²) in [6.45, 7) is 10.2. The molecule has 118 valence electrons. The largest absolute Gasteiger partial charge is 0.368 e. The Kier molecular flexibility index (Phi) is 6.52. The van der Waals surface area contributed by atoms with E-state index in [-0.39, 0.29) is 6.04 Å². The predicted octanol–water partition coefficient (Wildman–Crippen LogP) is 3.26. The number of nitrogens with two attached hydrogens (primary N) is 1. The molecule has 1 saturated heterocycles. The van der Waals surface area contributed by atoms with E-state index in [2.05, 4.69) is 57.8 Å². The molecule has 1 aromatic carbocycles. The summed E-state index contributed by atoms with van der Waals surface area (Å²) in [6, 6.07) is 6.98. The third-order valence-corrected chi connectivity index (χ3v) is 4.92. The maximum absolute atomic E-state index is 6.05. The van der Waals surface area contributed by atoms with E-state index in [4.69, 9.17) is 5.73 Å². The molecule has 4 heteroatoms. The third kappa shape index (κ3) is 4.70. The molecule has 1 heterocycles. The summed E-state index contributed by atoms with van der Waals surface area (Å²) >= 11 is 3.74. The normalized spacial score (nSPS) is 18.0. The Morgan fingerprint density at radius 1 is 1.19 bits per heavy atom. The van der Waals surface area contributed by atoms with Crippen LogP contribution in [0.3, 0.4) is 0 Å². The van der Waals surface area contributed by atoms with Gasteiger partial charge in [0.05, 0.1) is 5.69 Å². The van der Waals surface area contributed by atoms with Crippen molar-refractivity contribution in [2.75, 3.05) is 37.6 Å². The van der Waals surface area contributed by atoms with Gasteiger partial charge in [0.1, 0.15) is 0 Å². The topological polar surface area (TPSA) is 32.5 Å². The molecule has 21 heavy (non-hydrogen) atoms. The van der Waals surface area contributed by atoms with Gasteiger partial charge in [0, 0.05) is 36.7 Å². The summed E-state index contributed by atoms with van der Waals surface area (Å²) in [6.07, 6.45) is 3.23. The first-order valence-corrected chi connectivity index (χ1v) is 8.94. The van der Waals surface area contributed by atoms with Crippen molar-refractivity contribution in [1.82, 2.24) is 4.90 Å². The Hall–Kier alpha value is -0.580. The van der Waals surface area contributed by atoms with E-state index >= 15 is 0 Å². The van der Waals surface area contributed by atoms with Crippen LogP contribution >= 0.6 is 15.9 Å². The van der Waals surface area contributed by atoms with Crippen LogP contribution in [-0.2, 0) is 6.42 Å². The van der Waals surface area contributed by atoms with Gasteiger partial charge < -0.3 is 10.6 Å². The van der Waals surface area contributed by atoms with Crippen LogP contribution in [-0.4, -0.2) is 43.7 Å². The van der Waals surface area contributed by atoms with Crippen LogP contribution in [0.4, 0.5) is 5.69 Å². The Bertz CT molecular complexity index is 442. The number of benzene rings is 1. The Labute approximate surface area is 137 Å². The molecule has 1 aliphatic heterocycles. The van der Waals surface area contributed by atoms with Crippen molar-refractivity contribution in [2.45, 2.75) is 39.2 Å². The van der Waals surface area contributed by atoms with Crippen molar-refractivity contribution in [3.63, 3.8) is 0 Å². The quantitative estimate of drug-likeness (QED) is 0.851. The lowest BCUT2D eigenvalue weighted by atomic mass is 10.0. The molecule has 3 nitrogen and oxygen atoms in total. The van der Waals surface area contributed by atoms with Gasteiger partial charge in [0.25, 0.3) is 0 Å². The molecule has 0 aliphatic carbocycles. The highest BCUT2D eigenvalue weighted by atomic mass is 79.9. The van der Waals surface area contributed by atoms with Gasteiger partial charge in [-0.1, -0.05) is 19.9 Å². The number of hydrogen-bond acceptors (Lipinski definition) is 3. The van der Waals surface area contributed by atoms with Crippen molar-refractivity contribution in [3.8, 4) is 0 Å². The highest BCUT2D eigenvalue weighted by Gasteiger charge is 2.18. The lowest BCUT2D eigenvalue weighted by Crippen LogP contribution is -2.46. The van der Waals surface area contributed by atoms with Gasteiger partial charge in [-0.3, -0.25) is 4.90 Å². The predicted molar refractivity (Wildman–Crippen MR) is 95.1 cm³/mol. The molecule has 0 aromatic heterocycles. The van der Waals surface area contributed by atoms with Gasteiger partial charge >= 0.3 is 0 Å². The zero-order valence-electron chi connectivity index (χ0n) is 13.3. The average molecular weight is 354 g/mol. The SMILES string of the molecule is CCCN1CCN(c2ccc(CC(N)CC)cc2Br)CC1. The van der Waals surface area contributed by atoms with Crippen molar-refractivity contribution in [1.29, 1.82) is 0 Å². The number of hydrogen-bond donors (Lipinski definition) is 1. The molecule has 0 saturated carbocycles. The summed E-state index contributed by atoms with van der Waals surface area (Å²) in [5.41, 5.74) is 8.69. The first kappa shape index (κ1) is 16.8. The van der Waals surface area contributed by atoms with Crippen LogP contribution in [0.2, 0.25) is 0 Å². The van der Waals surface area contributed by atoms with Crippen LogP contribution in [0.1, 0.15) is 32.3 Å². The summed E-state index contributed by atoms with van der Waals surface area (Å²) < 4.78 is 1.20. The van der Waals surface area contributed by atoms with Crippen molar-refractivity contribution in [3.05, 3.63) is 28.2 Å². The second kappa shape index (κ2) is 8.16. The summed E-state index contributed by atoms with van der Waals surface area (Å²) in [5.74, 6) is 0. The molecule has 2 N–H and O–H groups in total. The number of piperazine rings is 1. The van der Waals surface area contributed by atoms with E-state index in [0.29, 0.717) is 0 Å². The van der Waals surface area contributed by atoms with Crippen molar-refractivity contribution >= 4 is 21.6 Å². The molecule has 0 spiro atoms. The second-order valence-corrected chi connectivity index (χ2v) is 6.84. The number of rotatable bonds is 6. The van der Waals surface area contributed by atoms with Gasteiger partial charge in [-0.2, -0.15) is 0 Å². The second-order valence-electron chi connectivity index (χ2n) is 5.99. The minimum absolute atomic E-state index is 0.264. The van der Waals surface area contributed by atoms with Crippen LogP contribution in [0.15, 0.2) is 22.7 Å². The molecule has 0 amide bonds. The van der Waals surface area contributed by atoms with Gasteiger partial charge in [0.15, 0.2) is 0 Å². The molecule has 2 rings (SSSR count). The molecule has 1 aliphatic rings. The van der Waals surface area contributed by atoms with E-state index in [1.54, 1.807) is 0 Å². The zero-order valence-corrected chi connectivity index (χ0v) is 14.9. The smallest absolute Gasteiger partial charge is 0.0511 e. The van der Waals surface area contributed by atoms with Crippen molar-refractivity contribution in [2.24, 2.45) is 5.73 Å². The Morgan fingerprint density at radius 3 is 2.48 bits per heavy atom. The van der Waals surface area contributed by atoms with E-state index < -0.39 is 0 Å². The van der Waals surface area contributed by atoms with Crippen LogP contribution in [0.25, 0.3) is 0 Å². The fourth-order valence-electron chi connectivity index (χ4n) is 2.91. The summed E-state index contributed by atoms with van der Waals surface area (Å²) in [5, 5.41) is 0.